The third-order valence-corrected chi connectivity index (χ3v) is 5.36. The van der Waals surface area contributed by atoms with E-state index in [1.807, 2.05) is 0 Å². The second-order valence-corrected chi connectivity index (χ2v) is 7.18. The second kappa shape index (κ2) is 8.45. The summed E-state index contributed by atoms with van der Waals surface area (Å²) in [5.41, 5.74) is -0.189. The SMILES string of the molecule is C=CCN(c1ccccc1C(=O)OCC)S(=O)(=O)c1cccc([N+](=O)[O-])c1. The lowest BCUT2D eigenvalue weighted by Crippen LogP contribution is -2.32. The Balaban J connectivity index is 2.61. The van der Waals surface area contributed by atoms with E-state index in [0.29, 0.717) is 0 Å². The van der Waals surface area contributed by atoms with Gasteiger partial charge in [-0.15, -0.1) is 6.58 Å². The molecule has 0 aliphatic rings. The third kappa shape index (κ3) is 4.32. The molecule has 0 radical (unpaired) electrons. The first-order valence-corrected chi connectivity index (χ1v) is 9.41. The lowest BCUT2D eigenvalue weighted by Gasteiger charge is -2.25. The van der Waals surface area contributed by atoms with Crippen LogP contribution in [0.2, 0.25) is 0 Å². The number of hydrogen-bond acceptors (Lipinski definition) is 6. The van der Waals surface area contributed by atoms with Crippen molar-refractivity contribution < 1.29 is 22.9 Å². The summed E-state index contributed by atoms with van der Waals surface area (Å²) in [6.45, 7) is 5.19. The zero-order valence-electron chi connectivity index (χ0n) is 14.6. The van der Waals surface area contributed by atoms with Gasteiger partial charge in [-0.2, -0.15) is 0 Å². The Hall–Kier alpha value is -3.20. The van der Waals surface area contributed by atoms with Crippen LogP contribution in [-0.4, -0.2) is 32.5 Å². The fourth-order valence-electron chi connectivity index (χ4n) is 2.40. The third-order valence-electron chi connectivity index (χ3n) is 3.58. The van der Waals surface area contributed by atoms with Gasteiger partial charge in [-0.25, -0.2) is 13.2 Å². The molecular formula is C18H18N2O6S. The van der Waals surface area contributed by atoms with Gasteiger partial charge in [0, 0.05) is 12.1 Å². The zero-order chi connectivity index (χ0) is 20.0. The van der Waals surface area contributed by atoms with E-state index in [2.05, 4.69) is 6.58 Å². The molecular weight excluding hydrogens is 372 g/mol. The average Bonchev–Trinajstić information content (AvgIpc) is 2.66. The Morgan fingerprint density at radius 3 is 2.59 bits per heavy atom. The van der Waals surface area contributed by atoms with E-state index in [1.54, 1.807) is 19.1 Å². The van der Waals surface area contributed by atoms with Crippen LogP contribution in [0.25, 0.3) is 0 Å². The molecule has 2 aromatic rings. The molecule has 0 saturated carbocycles. The lowest BCUT2D eigenvalue weighted by molar-refractivity contribution is -0.385. The number of carbonyl (C=O) groups excluding carboxylic acids is 1. The summed E-state index contributed by atoms with van der Waals surface area (Å²) in [7, 11) is -4.19. The molecule has 9 heteroatoms. The largest absolute Gasteiger partial charge is 0.462 e. The zero-order valence-corrected chi connectivity index (χ0v) is 15.4. The predicted molar refractivity (Wildman–Crippen MR) is 100 cm³/mol. The van der Waals surface area contributed by atoms with Gasteiger partial charge in [0.25, 0.3) is 15.7 Å². The molecule has 0 atom stereocenters. The Kier molecular flexibility index (Phi) is 6.30. The van der Waals surface area contributed by atoms with Crippen molar-refractivity contribution in [3.63, 3.8) is 0 Å². The topological polar surface area (TPSA) is 107 Å². The normalized spacial score (nSPS) is 10.9. The summed E-state index contributed by atoms with van der Waals surface area (Å²) in [4.78, 5) is 22.3. The first-order valence-electron chi connectivity index (χ1n) is 7.97. The number of nitro benzene ring substituents is 1. The maximum atomic E-state index is 13.1. The first kappa shape index (κ1) is 20.1. The number of rotatable bonds is 8. The van der Waals surface area contributed by atoms with E-state index in [9.17, 15) is 23.3 Å². The van der Waals surface area contributed by atoms with E-state index >= 15 is 0 Å². The van der Waals surface area contributed by atoms with Crippen LogP contribution in [0.15, 0.2) is 66.1 Å². The molecule has 0 spiro atoms. The standard InChI is InChI=1S/C18H18N2O6S/c1-3-12-19(17-11-6-5-10-16(17)18(21)26-4-2)27(24,25)15-9-7-8-14(13-15)20(22)23/h3,5-11,13H,1,4,12H2,2H3. The number of nitrogens with zero attached hydrogens (tertiary/aromatic N) is 2. The number of nitro groups is 1. The van der Waals surface area contributed by atoms with Crippen LogP contribution < -0.4 is 4.31 Å². The molecule has 0 aliphatic carbocycles. The molecule has 142 valence electrons. The summed E-state index contributed by atoms with van der Waals surface area (Å²) in [6.07, 6.45) is 1.36. The Morgan fingerprint density at radius 1 is 1.26 bits per heavy atom. The molecule has 2 aromatic carbocycles. The molecule has 0 aliphatic heterocycles. The summed E-state index contributed by atoms with van der Waals surface area (Å²) in [5, 5.41) is 11.0. The molecule has 0 fully saturated rings. The van der Waals surface area contributed by atoms with Crippen molar-refractivity contribution >= 4 is 27.4 Å². The van der Waals surface area contributed by atoms with Crippen LogP contribution in [0.4, 0.5) is 11.4 Å². The van der Waals surface area contributed by atoms with Crippen LogP contribution in [0.5, 0.6) is 0 Å². The monoisotopic (exact) mass is 390 g/mol. The molecule has 0 heterocycles. The van der Waals surface area contributed by atoms with Gasteiger partial charge in [0.1, 0.15) is 0 Å². The van der Waals surface area contributed by atoms with Gasteiger partial charge >= 0.3 is 5.97 Å². The number of benzene rings is 2. The van der Waals surface area contributed by atoms with Gasteiger partial charge in [-0.3, -0.25) is 14.4 Å². The molecule has 0 amide bonds. The van der Waals surface area contributed by atoms with Gasteiger partial charge in [-0.1, -0.05) is 24.3 Å². The fourth-order valence-corrected chi connectivity index (χ4v) is 3.90. The van der Waals surface area contributed by atoms with Gasteiger partial charge in [0.05, 0.1) is 34.2 Å². The van der Waals surface area contributed by atoms with Crippen LogP contribution >= 0.6 is 0 Å². The summed E-state index contributed by atoms with van der Waals surface area (Å²) < 4.78 is 32.2. The van der Waals surface area contributed by atoms with Crippen molar-refractivity contribution in [2.24, 2.45) is 0 Å². The van der Waals surface area contributed by atoms with Gasteiger partial charge < -0.3 is 4.74 Å². The second-order valence-electron chi connectivity index (χ2n) is 5.32. The van der Waals surface area contributed by atoms with Gasteiger partial charge in [0.2, 0.25) is 0 Å². The van der Waals surface area contributed by atoms with Crippen LogP contribution in [0.1, 0.15) is 17.3 Å². The van der Waals surface area contributed by atoms with E-state index < -0.39 is 20.9 Å². The van der Waals surface area contributed by atoms with Crippen LogP contribution in [0, 0.1) is 10.1 Å². The van der Waals surface area contributed by atoms with E-state index in [-0.39, 0.29) is 35.0 Å². The molecule has 0 unspecified atom stereocenters. The fraction of sp³-hybridized carbons (Fsp3) is 0.167. The number of para-hydroxylation sites is 1. The lowest BCUT2D eigenvalue weighted by atomic mass is 10.2. The summed E-state index contributed by atoms with van der Waals surface area (Å²) in [6, 6.07) is 10.8. The molecule has 0 N–H and O–H groups in total. The number of anilines is 1. The maximum Gasteiger partial charge on any atom is 0.340 e. The van der Waals surface area contributed by atoms with Crippen molar-refractivity contribution in [1.82, 2.24) is 0 Å². The number of non-ortho nitro benzene ring substituents is 1. The number of hydrogen-bond donors (Lipinski definition) is 0. The predicted octanol–water partition coefficient (Wildman–Crippen LogP) is 3.15. The number of sulfonamides is 1. The minimum absolute atomic E-state index is 0.0650. The van der Waals surface area contributed by atoms with Crippen molar-refractivity contribution in [2.75, 3.05) is 17.5 Å². The molecule has 0 bridgehead atoms. The Morgan fingerprint density at radius 2 is 1.96 bits per heavy atom. The van der Waals surface area contributed by atoms with E-state index in [0.717, 1.165) is 10.4 Å². The number of ether oxygens (including phenoxy) is 1. The Bertz CT molecular complexity index is 971. The smallest absolute Gasteiger partial charge is 0.340 e. The highest BCUT2D eigenvalue weighted by Crippen LogP contribution is 2.29. The average molecular weight is 390 g/mol. The maximum absolute atomic E-state index is 13.1. The Labute approximate surface area is 156 Å². The van der Waals surface area contributed by atoms with Gasteiger partial charge in [0.15, 0.2) is 0 Å². The van der Waals surface area contributed by atoms with Crippen LogP contribution in [0.3, 0.4) is 0 Å². The van der Waals surface area contributed by atoms with E-state index in [1.165, 1.54) is 36.4 Å². The van der Waals surface area contributed by atoms with Crippen LogP contribution in [-0.2, 0) is 14.8 Å². The minimum atomic E-state index is -4.19. The number of carbonyl (C=O) groups is 1. The minimum Gasteiger partial charge on any atom is -0.462 e. The van der Waals surface area contributed by atoms with Crippen molar-refractivity contribution in [1.29, 1.82) is 0 Å². The summed E-state index contributed by atoms with van der Waals surface area (Å²) in [5.74, 6) is -0.670. The highest BCUT2D eigenvalue weighted by atomic mass is 32.2. The molecule has 0 saturated heterocycles. The molecule has 2 rings (SSSR count). The quantitative estimate of drug-likeness (QED) is 0.297. The number of esters is 1. The van der Waals surface area contributed by atoms with Gasteiger partial charge in [-0.05, 0) is 25.1 Å². The highest BCUT2D eigenvalue weighted by molar-refractivity contribution is 7.92. The van der Waals surface area contributed by atoms with Crippen molar-refractivity contribution in [3.8, 4) is 0 Å². The van der Waals surface area contributed by atoms with E-state index in [4.69, 9.17) is 4.74 Å². The first-order chi connectivity index (χ1) is 12.8. The van der Waals surface area contributed by atoms with Crippen molar-refractivity contribution in [2.45, 2.75) is 11.8 Å². The van der Waals surface area contributed by atoms with Crippen molar-refractivity contribution in [3.05, 3.63) is 76.9 Å². The highest BCUT2D eigenvalue weighted by Gasteiger charge is 2.29. The molecule has 8 nitrogen and oxygen atoms in total. The summed E-state index contributed by atoms with van der Waals surface area (Å²) >= 11 is 0. The molecule has 0 aromatic heterocycles. The molecule has 27 heavy (non-hydrogen) atoms.